The lowest BCUT2D eigenvalue weighted by molar-refractivity contribution is 0.341. The molecular weight excluding hydrogens is 334 g/mol. The van der Waals surface area contributed by atoms with Crippen molar-refractivity contribution in [3.8, 4) is 28.7 Å². The first-order chi connectivity index (χ1) is 13.2. The average molecular weight is 357 g/mol. The minimum Gasteiger partial charge on any atom is -0.441 e. The molecule has 0 bridgehead atoms. The van der Waals surface area contributed by atoms with Crippen LogP contribution in [0.5, 0.6) is 0 Å². The van der Waals surface area contributed by atoms with Crippen LogP contribution in [-0.4, -0.2) is 29.5 Å². The summed E-state index contributed by atoms with van der Waals surface area (Å²) in [5, 5.41) is 9.30. The molecule has 1 aliphatic rings. The molecule has 0 N–H and O–H groups in total. The molecule has 2 heterocycles. The topological polar surface area (TPSA) is 53.1 Å². The molecule has 4 heteroatoms. The van der Waals surface area contributed by atoms with Crippen molar-refractivity contribution in [2.45, 2.75) is 26.2 Å². The van der Waals surface area contributed by atoms with Gasteiger partial charge < -0.3 is 9.32 Å². The zero-order valence-corrected chi connectivity index (χ0v) is 15.6. The molecule has 0 amide bonds. The number of aromatic nitrogens is 1. The highest BCUT2D eigenvalue weighted by atomic mass is 16.4. The molecule has 0 aliphatic carbocycles. The summed E-state index contributed by atoms with van der Waals surface area (Å²) in [7, 11) is 0. The highest BCUT2D eigenvalue weighted by Crippen LogP contribution is 2.28. The van der Waals surface area contributed by atoms with Gasteiger partial charge in [-0.25, -0.2) is 4.98 Å². The van der Waals surface area contributed by atoms with Gasteiger partial charge in [0.15, 0.2) is 0 Å². The Balaban J connectivity index is 1.52. The summed E-state index contributed by atoms with van der Waals surface area (Å²) in [4.78, 5) is 7.23. The van der Waals surface area contributed by atoms with Crippen LogP contribution in [0.4, 0.5) is 0 Å². The smallest absolute Gasteiger partial charge is 0.226 e. The minimum absolute atomic E-state index is 0.670. The third kappa shape index (κ3) is 3.79. The standard InChI is InChI=1S/C23H23N3O/c1-17-22(12-15-26-13-4-5-14-26)25-23(27-17)19-10-8-18(9-11-19)21-7-3-2-6-20(21)16-24/h2-3,6-11H,4-5,12-15H2,1H3. The number of hydrogen-bond donors (Lipinski definition) is 0. The van der Waals surface area contributed by atoms with Gasteiger partial charge in [0, 0.05) is 18.5 Å². The summed E-state index contributed by atoms with van der Waals surface area (Å²) in [5.74, 6) is 1.58. The van der Waals surface area contributed by atoms with E-state index in [-0.39, 0.29) is 0 Å². The lowest BCUT2D eigenvalue weighted by Gasteiger charge is -2.12. The van der Waals surface area contributed by atoms with E-state index in [0.29, 0.717) is 11.5 Å². The van der Waals surface area contributed by atoms with E-state index in [1.54, 1.807) is 0 Å². The second kappa shape index (κ2) is 7.77. The number of likely N-dealkylation sites (tertiary alicyclic amines) is 1. The van der Waals surface area contributed by atoms with Crippen LogP contribution in [0.15, 0.2) is 52.9 Å². The van der Waals surface area contributed by atoms with Crippen LogP contribution in [0.25, 0.3) is 22.6 Å². The molecule has 3 aromatic rings. The van der Waals surface area contributed by atoms with Gasteiger partial charge in [-0.2, -0.15) is 5.26 Å². The van der Waals surface area contributed by atoms with Crippen molar-refractivity contribution in [1.82, 2.24) is 9.88 Å². The maximum Gasteiger partial charge on any atom is 0.226 e. The first-order valence-electron chi connectivity index (χ1n) is 9.53. The Morgan fingerprint density at radius 3 is 2.48 bits per heavy atom. The molecule has 0 unspecified atom stereocenters. The monoisotopic (exact) mass is 357 g/mol. The van der Waals surface area contributed by atoms with Crippen molar-refractivity contribution >= 4 is 0 Å². The molecule has 1 aliphatic heterocycles. The molecule has 136 valence electrons. The molecule has 1 aromatic heterocycles. The summed E-state index contributed by atoms with van der Waals surface area (Å²) < 4.78 is 5.92. The largest absolute Gasteiger partial charge is 0.441 e. The molecular formula is C23H23N3O. The van der Waals surface area contributed by atoms with Crippen molar-refractivity contribution in [1.29, 1.82) is 5.26 Å². The lowest BCUT2D eigenvalue weighted by atomic mass is 9.99. The minimum atomic E-state index is 0.670. The fourth-order valence-electron chi connectivity index (χ4n) is 3.68. The van der Waals surface area contributed by atoms with Gasteiger partial charge in [0.1, 0.15) is 5.76 Å². The van der Waals surface area contributed by atoms with Crippen molar-refractivity contribution in [2.24, 2.45) is 0 Å². The predicted octanol–water partition coefficient (Wildman–Crippen LogP) is 4.83. The number of nitriles is 1. The Hall–Kier alpha value is -2.90. The van der Waals surface area contributed by atoms with Gasteiger partial charge in [0.25, 0.3) is 0 Å². The van der Waals surface area contributed by atoms with E-state index >= 15 is 0 Å². The van der Waals surface area contributed by atoms with Crippen LogP contribution < -0.4 is 0 Å². The number of nitrogens with zero attached hydrogens (tertiary/aromatic N) is 3. The van der Waals surface area contributed by atoms with Gasteiger partial charge in [-0.05, 0) is 62.2 Å². The molecule has 0 saturated carbocycles. The van der Waals surface area contributed by atoms with E-state index in [9.17, 15) is 5.26 Å². The van der Waals surface area contributed by atoms with Crippen LogP contribution in [0, 0.1) is 18.3 Å². The Kier molecular flexibility index (Phi) is 5.04. The molecule has 4 nitrogen and oxygen atoms in total. The number of hydrogen-bond acceptors (Lipinski definition) is 4. The van der Waals surface area contributed by atoms with E-state index in [2.05, 4.69) is 11.0 Å². The van der Waals surface area contributed by atoms with Crippen molar-refractivity contribution in [3.05, 3.63) is 65.5 Å². The van der Waals surface area contributed by atoms with Gasteiger partial charge in [0.2, 0.25) is 5.89 Å². The molecule has 1 saturated heterocycles. The van der Waals surface area contributed by atoms with E-state index < -0.39 is 0 Å². The molecule has 1 fully saturated rings. The second-order valence-corrected chi connectivity index (χ2v) is 7.06. The molecule has 0 spiro atoms. The first kappa shape index (κ1) is 17.5. The van der Waals surface area contributed by atoms with E-state index in [1.807, 2.05) is 55.5 Å². The number of oxazole rings is 1. The van der Waals surface area contributed by atoms with E-state index in [0.717, 1.165) is 41.1 Å². The third-order valence-electron chi connectivity index (χ3n) is 5.25. The number of rotatable bonds is 5. The van der Waals surface area contributed by atoms with E-state index in [1.165, 1.54) is 25.9 Å². The van der Waals surface area contributed by atoms with E-state index in [4.69, 9.17) is 9.40 Å². The fraction of sp³-hybridized carbons (Fsp3) is 0.304. The maximum atomic E-state index is 9.30. The highest BCUT2D eigenvalue weighted by molar-refractivity contribution is 5.72. The average Bonchev–Trinajstić information content (AvgIpc) is 3.36. The van der Waals surface area contributed by atoms with Gasteiger partial charge in [-0.1, -0.05) is 30.3 Å². The van der Waals surface area contributed by atoms with Crippen LogP contribution in [0.3, 0.4) is 0 Å². The summed E-state index contributed by atoms with van der Waals surface area (Å²) in [6.45, 7) is 5.45. The third-order valence-corrected chi connectivity index (χ3v) is 5.25. The van der Waals surface area contributed by atoms with Crippen LogP contribution in [0.2, 0.25) is 0 Å². The number of benzene rings is 2. The van der Waals surface area contributed by atoms with Crippen molar-refractivity contribution in [2.75, 3.05) is 19.6 Å². The molecule has 2 aromatic carbocycles. The zero-order valence-electron chi connectivity index (χ0n) is 15.6. The Labute approximate surface area is 160 Å². The van der Waals surface area contributed by atoms with Gasteiger partial charge in [-0.3, -0.25) is 0 Å². The van der Waals surface area contributed by atoms with Crippen molar-refractivity contribution in [3.63, 3.8) is 0 Å². The normalized spacial score (nSPS) is 14.4. The second-order valence-electron chi connectivity index (χ2n) is 7.06. The van der Waals surface area contributed by atoms with Gasteiger partial charge >= 0.3 is 0 Å². The summed E-state index contributed by atoms with van der Waals surface area (Å²) in [6.07, 6.45) is 3.55. The Morgan fingerprint density at radius 1 is 1.04 bits per heavy atom. The molecule has 4 rings (SSSR count). The van der Waals surface area contributed by atoms with Crippen LogP contribution in [0.1, 0.15) is 29.9 Å². The summed E-state index contributed by atoms with van der Waals surface area (Å²) in [5.41, 5.74) is 4.66. The maximum absolute atomic E-state index is 9.30. The quantitative estimate of drug-likeness (QED) is 0.656. The van der Waals surface area contributed by atoms with Crippen molar-refractivity contribution < 1.29 is 4.42 Å². The van der Waals surface area contributed by atoms with Crippen LogP contribution in [-0.2, 0) is 6.42 Å². The Morgan fingerprint density at radius 2 is 1.74 bits per heavy atom. The summed E-state index contributed by atoms with van der Waals surface area (Å²) >= 11 is 0. The summed E-state index contributed by atoms with van der Waals surface area (Å²) in [6, 6.07) is 18.0. The highest BCUT2D eigenvalue weighted by Gasteiger charge is 2.15. The number of aryl methyl sites for hydroxylation is 1. The van der Waals surface area contributed by atoms with Gasteiger partial charge in [-0.15, -0.1) is 0 Å². The lowest BCUT2D eigenvalue weighted by Crippen LogP contribution is -2.22. The Bertz CT molecular complexity index is 960. The SMILES string of the molecule is Cc1oc(-c2ccc(-c3ccccc3C#N)cc2)nc1CCN1CCCC1. The van der Waals surface area contributed by atoms with Gasteiger partial charge in [0.05, 0.1) is 17.3 Å². The first-order valence-corrected chi connectivity index (χ1v) is 9.53. The fourth-order valence-corrected chi connectivity index (χ4v) is 3.68. The predicted molar refractivity (Wildman–Crippen MR) is 106 cm³/mol. The molecule has 0 atom stereocenters. The molecule has 0 radical (unpaired) electrons. The van der Waals surface area contributed by atoms with Crippen LogP contribution >= 0.6 is 0 Å². The zero-order chi connectivity index (χ0) is 18.6. The molecule has 27 heavy (non-hydrogen) atoms.